The molecule has 0 amide bonds. The lowest BCUT2D eigenvalue weighted by Gasteiger charge is -2.30. The van der Waals surface area contributed by atoms with Gasteiger partial charge in [-0.15, -0.1) is 0 Å². The molecule has 21 heavy (non-hydrogen) atoms. The average Bonchev–Trinajstić information content (AvgIpc) is 2.96. The minimum absolute atomic E-state index is 0.687. The molecule has 1 aliphatic carbocycles. The van der Waals surface area contributed by atoms with Crippen LogP contribution in [0.5, 0.6) is 0 Å². The normalized spacial score (nSPS) is 18.0. The first-order valence-corrected chi connectivity index (χ1v) is 9.61. The number of rotatable bonds is 12. The number of unbranched alkanes of at least 4 members (excludes halogenated alkanes) is 2. The zero-order valence-electron chi connectivity index (χ0n) is 15.2. The molecule has 2 nitrogen and oxygen atoms in total. The molecular weight excluding hydrogens is 256 g/mol. The lowest BCUT2D eigenvalue weighted by Crippen LogP contribution is -2.41. The minimum Gasteiger partial charge on any atom is -0.313 e. The van der Waals surface area contributed by atoms with Gasteiger partial charge in [0.25, 0.3) is 0 Å². The Balaban J connectivity index is 2.21. The van der Waals surface area contributed by atoms with Crippen LogP contribution in [0.2, 0.25) is 0 Å². The first-order valence-electron chi connectivity index (χ1n) is 9.61. The highest BCUT2D eigenvalue weighted by Crippen LogP contribution is 2.23. The van der Waals surface area contributed by atoms with E-state index in [9.17, 15) is 0 Å². The van der Waals surface area contributed by atoms with Crippen LogP contribution in [-0.2, 0) is 0 Å². The van der Waals surface area contributed by atoms with E-state index in [1.165, 1.54) is 77.4 Å². The fourth-order valence-electron chi connectivity index (χ4n) is 3.43. The van der Waals surface area contributed by atoms with Crippen LogP contribution >= 0.6 is 0 Å². The molecule has 0 heterocycles. The topological polar surface area (TPSA) is 15.3 Å². The van der Waals surface area contributed by atoms with E-state index in [-0.39, 0.29) is 0 Å². The summed E-state index contributed by atoms with van der Waals surface area (Å²) in [6, 6.07) is 1.56. The van der Waals surface area contributed by atoms with Gasteiger partial charge in [-0.05, 0) is 45.1 Å². The van der Waals surface area contributed by atoms with E-state index in [0.717, 1.165) is 12.0 Å². The fraction of sp³-hybridized carbons (Fsp3) is 1.00. The van der Waals surface area contributed by atoms with Crippen LogP contribution in [0.4, 0.5) is 0 Å². The summed E-state index contributed by atoms with van der Waals surface area (Å²) < 4.78 is 0. The molecule has 0 aromatic carbocycles. The van der Waals surface area contributed by atoms with Gasteiger partial charge in [0, 0.05) is 25.2 Å². The molecule has 0 saturated heterocycles. The molecule has 0 spiro atoms. The molecule has 1 N–H and O–H groups in total. The SMILES string of the molecule is CCCCCC(C)NCCN(CCC(C)C)C1CCCC1. The van der Waals surface area contributed by atoms with Gasteiger partial charge in [0.05, 0.1) is 0 Å². The Morgan fingerprint density at radius 3 is 2.33 bits per heavy atom. The predicted octanol–water partition coefficient (Wildman–Crippen LogP) is 4.84. The zero-order valence-corrected chi connectivity index (χ0v) is 15.2. The summed E-state index contributed by atoms with van der Waals surface area (Å²) in [5.41, 5.74) is 0. The molecule has 1 atom stereocenters. The molecule has 2 heteroatoms. The van der Waals surface area contributed by atoms with E-state index in [4.69, 9.17) is 0 Å². The van der Waals surface area contributed by atoms with E-state index in [2.05, 4.69) is 37.9 Å². The van der Waals surface area contributed by atoms with Crippen molar-refractivity contribution < 1.29 is 0 Å². The smallest absolute Gasteiger partial charge is 0.0110 e. The predicted molar refractivity (Wildman–Crippen MR) is 94.9 cm³/mol. The summed E-state index contributed by atoms with van der Waals surface area (Å²) in [5.74, 6) is 0.829. The third-order valence-corrected chi connectivity index (χ3v) is 4.97. The molecule has 1 unspecified atom stereocenters. The lowest BCUT2D eigenvalue weighted by molar-refractivity contribution is 0.186. The molecule has 0 aromatic heterocycles. The fourth-order valence-corrected chi connectivity index (χ4v) is 3.43. The van der Waals surface area contributed by atoms with Crippen LogP contribution in [0.25, 0.3) is 0 Å². The van der Waals surface area contributed by atoms with Crippen LogP contribution in [0.3, 0.4) is 0 Å². The summed E-state index contributed by atoms with van der Waals surface area (Å²) in [7, 11) is 0. The van der Waals surface area contributed by atoms with Crippen LogP contribution in [-0.4, -0.2) is 36.6 Å². The van der Waals surface area contributed by atoms with E-state index >= 15 is 0 Å². The van der Waals surface area contributed by atoms with Crippen LogP contribution < -0.4 is 5.32 Å². The van der Waals surface area contributed by atoms with Crippen molar-refractivity contribution in [1.82, 2.24) is 10.2 Å². The Hall–Kier alpha value is -0.0800. The lowest BCUT2D eigenvalue weighted by atomic mass is 10.1. The molecular formula is C19H40N2. The van der Waals surface area contributed by atoms with Gasteiger partial charge in [-0.3, -0.25) is 4.90 Å². The Bertz CT molecular complexity index is 234. The minimum atomic E-state index is 0.687. The third-order valence-electron chi connectivity index (χ3n) is 4.97. The van der Waals surface area contributed by atoms with E-state index in [1.54, 1.807) is 0 Å². The summed E-state index contributed by atoms with van der Waals surface area (Å²) in [4.78, 5) is 2.78. The van der Waals surface area contributed by atoms with Crippen molar-refractivity contribution in [1.29, 1.82) is 0 Å². The summed E-state index contributed by atoms with van der Waals surface area (Å²) in [6.45, 7) is 13.0. The Labute approximate surface area is 134 Å². The second-order valence-electron chi connectivity index (χ2n) is 7.51. The summed E-state index contributed by atoms with van der Waals surface area (Å²) in [5, 5.41) is 3.74. The van der Waals surface area contributed by atoms with Crippen molar-refractivity contribution >= 4 is 0 Å². The molecule has 0 aromatic rings. The van der Waals surface area contributed by atoms with Gasteiger partial charge < -0.3 is 5.32 Å². The van der Waals surface area contributed by atoms with Crippen molar-refractivity contribution in [3.63, 3.8) is 0 Å². The van der Waals surface area contributed by atoms with Crippen molar-refractivity contribution in [3.8, 4) is 0 Å². The third kappa shape index (κ3) is 8.83. The maximum absolute atomic E-state index is 3.74. The zero-order chi connectivity index (χ0) is 15.5. The van der Waals surface area contributed by atoms with Crippen molar-refractivity contribution in [3.05, 3.63) is 0 Å². The van der Waals surface area contributed by atoms with Crippen molar-refractivity contribution in [2.45, 2.75) is 97.6 Å². The second-order valence-corrected chi connectivity index (χ2v) is 7.51. The monoisotopic (exact) mass is 296 g/mol. The molecule has 1 saturated carbocycles. The Morgan fingerprint density at radius 1 is 1.00 bits per heavy atom. The van der Waals surface area contributed by atoms with Crippen LogP contribution in [0.1, 0.15) is 85.5 Å². The molecule has 126 valence electrons. The van der Waals surface area contributed by atoms with Gasteiger partial charge in [0.1, 0.15) is 0 Å². The molecule has 0 aliphatic heterocycles. The number of nitrogens with one attached hydrogen (secondary N) is 1. The largest absolute Gasteiger partial charge is 0.313 e. The van der Waals surface area contributed by atoms with Gasteiger partial charge >= 0.3 is 0 Å². The number of hydrogen-bond donors (Lipinski definition) is 1. The van der Waals surface area contributed by atoms with Gasteiger partial charge in [-0.2, -0.15) is 0 Å². The van der Waals surface area contributed by atoms with Gasteiger partial charge in [-0.25, -0.2) is 0 Å². The van der Waals surface area contributed by atoms with E-state index in [1.807, 2.05) is 0 Å². The average molecular weight is 297 g/mol. The Morgan fingerprint density at radius 2 is 1.71 bits per heavy atom. The van der Waals surface area contributed by atoms with Crippen LogP contribution in [0, 0.1) is 5.92 Å². The highest BCUT2D eigenvalue weighted by molar-refractivity contribution is 4.78. The van der Waals surface area contributed by atoms with E-state index < -0.39 is 0 Å². The molecule has 1 rings (SSSR count). The standard InChI is InChI=1S/C19H40N2/c1-5-6-7-10-18(4)20-14-16-21(15-13-17(2)3)19-11-8-9-12-19/h17-20H,5-16H2,1-4H3. The van der Waals surface area contributed by atoms with Crippen molar-refractivity contribution in [2.75, 3.05) is 19.6 Å². The van der Waals surface area contributed by atoms with Crippen molar-refractivity contribution in [2.24, 2.45) is 5.92 Å². The Kier molecular flexibility index (Phi) is 10.4. The molecule has 0 bridgehead atoms. The van der Waals surface area contributed by atoms with E-state index in [0.29, 0.717) is 6.04 Å². The first-order chi connectivity index (χ1) is 10.1. The summed E-state index contributed by atoms with van der Waals surface area (Å²) >= 11 is 0. The molecule has 1 aliphatic rings. The number of nitrogens with zero attached hydrogens (tertiary/aromatic N) is 1. The van der Waals surface area contributed by atoms with Gasteiger partial charge in [0.2, 0.25) is 0 Å². The van der Waals surface area contributed by atoms with Gasteiger partial charge in [-0.1, -0.05) is 52.9 Å². The quantitative estimate of drug-likeness (QED) is 0.519. The number of hydrogen-bond acceptors (Lipinski definition) is 2. The van der Waals surface area contributed by atoms with Crippen LogP contribution in [0.15, 0.2) is 0 Å². The second kappa shape index (κ2) is 11.5. The molecule has 0 radical (unpaired) electrons. The maximum Gasteiger partial charge on any atom is 0.0110 e. The molecule has 1 fully saturated rings. The summed E-state index contributed by atoms with van der Waals surface area (Å²) in [6.07, 6.45) is 12.5. The van der Waals surface area contributed by atoms with Gasteiger partial charge in [0.15, 0.2) is 0 Å². The first kappa shape index (κ1) is 19.0. The highest BCUT2D eigenvalue weighted by Gasteiger charge is 2.22. The maximum atomic E-state index is 3.74. The highest BCUT2D eigenvalue weighted by atomic mass is 15.2.